The second-order valence-electron chi connectivity index (χ2n) is 5.75. The first kappa shape index (κ1) is 19.6. The van der Waals surface area contributed by atoms with Gasteiger partial charge < -0.3 is 9.47 Å². The fraction of sp³-hybridized carbons (Fsp3) is 0.150. The third-order valence-electron chi connectivity index (χ3n) is 3.73. The molecule has 0 saturated heterocycles. The molecule has 0 heterocycles. The van der Waals surface area contributed by atoms with Gasteiger partial charge in [0.25, 0.3) is 0 Å². The Morgan fingerprint density at radius 1 is 0.926 bits per heavy atom. The average Bonchev–Trinajstić information content (AvgIpc) is 2.66. The van der Waals surface area contributed by atoms with Crippen molar-refractivity contribution in [3.8, 4) is 5.75 Å². The van der Waals surface area contributed by atoms with Crippen LogP contribution >= 0.6 is 34.8 Å². The van der Waals surface area contributed by atoms with Gasteiger partial charge in [0.1, 0.15) is 12.4 Å². The molecule has 0 saturated carbocycles. The van der Waals surface area contributed by atoms with Crippen molar-refractivity contribution in [2.45, 2.75) is 16.6 Å². The summed E-state index contributed by atoms with van der Waals surface area (Å²) in [7, 11) is 0. The molecule has 7 heteroatoms. The van der Waals surface area contributed by atoms with Gasteiger partial charge in [-0.3, -0.25) is 5.32 Å². The highest BCUT2D eigenvalue weighted by Crippen LogP contribution is 2.32. The average molecular weight is 425 g/mol. The summed E-state index contributed by atoms with van der Waals surface area (Å²) in [5.41, 5.74) is 0.841. The zero-order valence-corrected chi connectivity index (χ0v) is 16.3. The van der Waals surface area contributed by atoms with E-state index in [2.05, 4.69) is 5.32 Å². The van der Waals surface area contributed by atoms with E-state index in [0.717, 1.165) is 16.3 Å². The van der Waals surface area contributed by atoms with E-state index >= 15 is 0 Å². The van der Waals surface area contributed by atoms with Gasteiger partial charge in [0, 0.05) is 0 Å². The molecule has 0 aliphatic rings. The number of carbonyl (C=O) groups is 1. The van der Waals surface area contributed by atoms with E-state index in [0.29, 0.717) is 5.75 Å². The lowest BCUT2D eigenvalue weighted by atomic mass is 10.1. The first-order chi connectivity index (χ1) is 12.9. The summed E-state index contributed by atoms with van der Waals surface area (Å²) in [4.78, 5) is 12.1. The van der Waals surface area contributed by atoms with E-state index in [1.807, 2.05) is 60.7 Å². The lowest BCUT2D eigenvalue weighted by Gasteiger charge is -2.26. The minimum atomic E-state index is -1.89. The molecule has 27 heavy (non-hydrogen) atoms. The van der Waals surface area contributed by atoms with Gasteiger partial charge in [-0.1, -0.05) is 95.5 Å². The summed E-state index contributed by atoms with van der Waals surface area (Å²) in [6, 6.07) is 22.4. The van der Waals surface area contributed by atoms with E-state index in [1.54, 1.807) is 12.1 Å². The Kier molecular flexibility index (Phi) is 6.32. The first-order valence-electron chi connectivity index (χ1n) is 8.11. The lowest BCUT2D eigenvalue weighted by molar-refractivity contribution is 0.106. The number of alkyl halides is 3. The van der Waals surface area contributed by atoms with Crippen molar-refractivity contribution in [3.63, 3.8) is 0 Å². The maximum atomic E-state index is 12.1. The molecule has 0 bridgehead atoms. The van der Waals surface area contributed by atoms with Gasteiger partial charge in [-0.15, -0.1) is 0 Å². The third-order valence-corrected chi connectivity index (χ3v) is 4.33. The van der Waals surface area contributed by atoms with Crippen LogP contribution in [0.5, 0.6) is 5.75 Å². The van der Waals surface area contributed by atoms with E-state index in [-0.39, 0.29) is 6.61 Å². The Balaban J connectivity index is 1.67. The summed E-state index contributed by atoms with van der Waals surface area (Å²) in [6.07, 6.45) is -1.98. The molecule has 0 aromatic heterocycles. The standard InChI is InChI=1S/C20H16Cl3NO3/c21-20(22,23)18(24-19(25)26-13-14-6-2-1-3-7-14)27-17-11-10-15-8-4-5-9-16(15)12-17/h1-12,18H,13H2,(H,24,25). The predicted octanol–water partition coefficient (Wildman–Crippen LogP) is 5.84. The van der Waals surface area contributed by atoms with Crippen LogP contribution in [-0.4, -0.2) is 16.1 Å². The minimum Gasteiger partial charge on any atom is -0.466 e. The van der Waals surface area contributed by atoms with Crippen LogP contribution in [0.1, 0.15) is 5.56 Å². The number of ether oxygens (including phenoxy) is 2. The van der Waals surface area contributed by atoms with Gasteiger partial charge in [0.2, 0.25) is 10.0 Å². The maximum Gasteiger partial charge on any atom is 0.410 e. The number of carbonyl (C=O) groups excluding carboxylic acids is 1. The van der Waals surface area contributed by atoms with Gasteiger partial charge in [0.15, 0.2) is 0 Å². The number of alkyl carbamates (subject to hydrolysis) is 1. The highest BCUT2D eigenvalue weighted by molar-refractivity contribution is 6.68. The monoisotopic (exact) mass is 423 g/mol. The number of benzene rings is 3. The van der Waals surface area contributed by atoms with Crippen LogP contribution < -0.4 is 10.1 Å². The Morgan fingerprint density at radius 2 is 1.59 bits per heavy atom. The second-order valence-corrected chi connectivity index (χ2v) is 8.12. The van der Waals surface area contributed by atoms with Crippen LogP contribution in [0.4, 0.5) is 4.79 Å². The number of hydrogen-bond donors (Lipinski definition) is 1. The highest BCUT2D eigenvalue weighted by atomic mass is 35.6. The molecule has 1 unspecified atom stereocenters. The van der Waals surface area contributed by atoms with Crippen molar-refractivity contribution < 1.29 is 14.3 Å². The second kappa shape index (κ2) is 8.70. The van der Waals surface area contributed by atoms with Crippen LogP contribution in [0.15, 0.2) is 72.8 Å². The Bertz CT molecular complexity index is 913. The molecule has 0 aliphatic heterocycles. The number of hydrogen-bond acceptors (Lipinski definition) is 3. The molecular weight excluding hydrogens is 409 g/mol. The van der Waals surface area contributed by atoms with E-state index in [1.165, 1.54) is 0 Å². The fourth-order valence-corrected chi connectivity index (χ4v) is 2.72. The van der Waals surface area contributed by atoms with Crippen LogP contribution in [0.25, 0.3) is 10.8 Å². The third kappa shape index (κ3) is 5.67. The number of fused-ring (bicyclic) bond motifs is 1. The predicted molar refractivity (Wildman–Crippen MR) is 108 cm³/mol. The zero-order valence-electron chi connectivity index (χ0n) is 14.1. The number of rotatable bonds is 5. The summed E-state index contributed by atoms with van der Waals surface area (Å²) < 4.78 is 8.97. The van der Waals surface area contributed by atoms with Gasteiger partial charge in [-0.05, 0) is 28.5 Å². The van der Waals surface area contributed by atoms with Crippen molar-refractivity contribution in [1.82, 2.24) is 5.32 Å². The molecule has 0 aliphatic carbocycles. The van der Waals surface area contributed by atoms with E-state index in [4.69, 9.17) is 44.3 Å². The van der Waals surface area contributed by atoms with Crippen LogP contribution in [-0.2, 0) is 11.3 Å². The molecule has 1 atom stereocenters. The Labute approximate surface area is 171 Å². The quantitative estimate of drug-likeness (QED) is 0.413. The highest BCUT2D eigenvalue weighted by Gasteiger charge is 2.36. The molecule has 3 rings (SSSR count). The van der Waals surface area contributed by atoms with Crippen molar-refractivity contribution in [2.75, 3.05) is 0 Å². The van der Waals surface area contributed by atoms with Crippen molar-refractivity contribution in [1.29, 1.82) is 0 Å². The van der Waals surface area contributed by atoms with Crippen LogP contribution in [0.3, 0.4) is 0 Å². The number of halogens is 3. The topological polar surface area (TPSA) is 47.6 Å². The summed E-state index contributed by atoms with van der Waals surface area (Å²) >= 11 is 17.9. The SMILES string of the molecule is O=C(NC(Oc1ccc2ccccc2c1)C(Cl)(Cl)Cl)OCc1ccccc1. The zero-order chi connectivity index (χ0) is 19.3. The lowest BCUT2D eigenvalue weighted by Crippen LogP contribution is -2.48. The van der Waals surface area contributed by atoms with Gasteiger partial charge in [-0.25, -0.2) is 4.79 Å². The summed E-state index contributed by atoms with van der Waals surface area (Å²) in [6.45, 7) is 0.0925. The molecule has 0 spiro atoms. The summed E-state index contributed by atoms with van der Waals surface area (Å²) in [5.74, 6) is 0.452. The van der Waals surface area contributed by atoms with E-state index < -0.39 is 16.1 Å². The van der Waals surface area contributed by atoms with Crippen molar-refractivity contribution in [3.05, 3.63) is 78.4 Å². The molecule has 140 valence electrons. The first-order valence-corrected chi connectivity index (χ1v) is 9.24. The van der Waals surface area contributed by atoms with Crippen LogP contribution in [0.2, 0.25) is 0 Å². The fourth-order valence-electron chi connectivity index (χ4n) is 2.43. The van der Waals surface area contributed by atoms with Crippen LogP contribution in [0, 0.1) is 0 Å². The summed E-state index contributed by atoms with van der Waals surface area (Å²) in [5, 5.41) is 4.45. The van der Waals surface area contributed by atoms with Gasteiger partial charge in [0.05, 0.1) is 0 Å². The van der Waals surface area contributed by atoms with Crippen molar-refractivity contribution >= 4 is 51.7 Å². The Morgan fingerprint density at radius 3 is 2.30 bits per heavy atom. The van der Waals surface area contributed by atoms with Gasteiger partial charge in [-0.2, -0.15) is 0 Å². The molecule has 1 amide bonds. The maximum absolute atomic E-state index is 12.1. The minimum absolute atomic E-state index is 0.0925. The van der Waals surface area contributed by atoms with E-state index in [9.17, 15) is 4.79 Å². The number of nitrogens with one attached hydrogen (secondary N) is 1. The molecular formula is C20H16Cl3NO3. The van der Waals surface area contributed by atoms with Crippen molar-refractivity contribution in [2.24, 2.45) is 0 Å². The molecule has 3 aromatic carbocycles. The normalized spacial score (nSPS) is 12.4. The Hall–Kier alpha value is -2.14. The van der Waals surface area contributed by atoms with Gasteiger partial charge >= 0.3 is 6.09 Å². The number of amides is 1. The largest absolute Gasteiger partial charge is 0.466 e. The molecule has 0 radical (unpaired) electrons. The molecule has 3 aromatic rings. The molecule has 4 nitrogen and oxygen atoms in total. The smallest absolute Gasteiger partial charge is 0.410 e. The molecule has 0 fully saturated rings. The molecule has 1 N–H and O–H groups in total.